The first kappa shape index (κ1) is 13.0. The third kappa shape index (κ3) is 2.88. The number of hydrogen-bond donors (Lipinski definition) is 0. The molecule has 0 heterocycles. The highest BCUT2D eigenvalue weighted by atomic mass is 127. The van der Waals surface area contributed by atoms with Crippen molar-refractivity contribution >= 4 is 51.0 Å². The predicted octanol–water partition coefficient (Wildman–Crippen LogP) is 4.44. The van der Waals surface area contributed by atoms with Gasteiger partial charge in [0, 0.05) is 18.3 Å². The SMILES string of the molecule is Cc1cccc(C(=O)c2ccc(I)cc2)c1I. The van der Waals surface area contributed by atoms with Crippen LogP contribution in [0.1, 0.15) is 21.5 Å². The van der Waals surface area contributed by atoms with Crippen molar-refractivity contribution in [2.45, 2.75) is 6.92 Å². The van der Waals surface area contributed by atoms with E-state index in [0.29, 0.717) is 0 Å². The molecule has 0 fully saturated rings. The molecule has 0 aliphatic carbocycles. The van der Waals surface area contributed by atoms with Gasteiger partial charge in [-0.15, -0.1) is 0 Å². The molecule has 17 heavy (non-hydrogen) atoms. The highest BCUT2D eigenvalue weighted by molar-refractivity contribution is 14.1. The van der Waals surface area contributed by atoms with Crippen LogP contribution in [0.15, 0.2) is 42.5 Å². The second-order valence-corrected chi connectivity index (χ2v) is 6.10. The third-order valence-corrected chi connectivity index (χ3v) is 4.69. The van der Waals surface area contributed by atoms with Gasteiger partial charge in [0.2, 0.25) is 0 Å². The first-order chi connectivity index (χ1) is 8.09. The Bertz CT molecular complexity index is 559. The zero-order valence-electron chi connectivity index (χ0n) is 9.21. The van der Waals surface area contributed by atoms with Gasteiger partial charge < -0.3 is 0 Å². The molecule has 0 aliphatic rings. The topological polar surface area (TPSA) is 17.1 Å². The summed E-state index contributed by atoms with van der Waals surface area (Å²) < 4.78 is 2.17. The van der Waals surface area contributed by atoms with Gasteiger partial charge in [0.05, 0.1) is 0 Å². The number of benzene rings is 2. The number of aryl methyl sites for hydroxylation is 1. The van der Waals surface area contributed by atoms with Crippen LogP contribution >= 0.6 is 45.2 Å². The van der Waals surface area contributed by atoms with E-state index < -0.39 is 0 Å². The average molecular weight is 448 g/mol. The van der Waals surface area contributed by atoms with Gasteiger partial charge in [0.1, 0.15) is 0 Å². The van der Waals surface area contributed by atoms with Crippen LogP contribution in [0.4, 0.5) is 0 Å². The molecule has 0 unspecified atom stereocenters. The van der Waals surface area contributed by atoms with Crippen LogP contribution in [-0.2, 0) is 0 Å². The summed E-state index contributed by atoms with van der Waals surface area (Å²) in [5.74, 6) is 0.0921. The lowest BCUT2D eigenvalue weighted by Crippen LogP contribution is -2.04. The van der Waals surface area contributed by atoms with Crippen molar-refractivity contribution in [1.82, 2.24) is 0 Å². The highest BCUT2D eigenvalue weighted by Gasteiger charge is 2.13. The lowest BCUT2D eigenvalue weighted by molar-refractivity contribution is 0.103. The molecule has 0 atom stereocenters. The maximum Gasteiger partial charge on any atom is 0.194 e. The number of carbonyl (C=O) groups is 1. The van der Waals surface area contributed by atoms with Gasteiger partial charge in [-0.2, -0.15) is 0 Å². The van der Waals surface area contributed by atoms with E-state index in [1.807, 2.05) is 49.4 Å². The number of ketones is 1. The van der Waals surface area contributed by atoms with Crippen molar-refractivity contribution in [3.63, 3.8) is 0 Å². The Morgan fingerprint density at radius 3 is 2.29 bits per heavy atom. The quantitative estimate of drug-likeness (QED) is 0.491. The second kappa shape index (κ2) is 5.48. The van der Waals surface area contributed by atoms with Gasteiger partial charge in [-0.3, -0.25) is 4.79 Å². The van der Waals surface area contributed by atoms with E-state index >= 15 is 0 Å². The molecule has 0 bridgehead atoms. The fourth-order valence-corrected chi connectivity index (χ4v) is 2.54. The lowest BCUT2D eigenvalue weighted by atomic mass is 10.0. The molecule has 3 heteroatoms. The van der Waals surface area contributed by atoms with Crippen LogP contribution in [0.3, 0.4) is 0 Å². The molecule has 2 rings (SSSR count). The monoisotopic (exact) mass is 448 g/mol. The summed E-state index contributed by atoms with van der Waals surface area (Å²) in [6, 6.07) is 13.5. The van der Waals surface area contributed by atoms with E-state index in [-0.39, 0.29) is 5.78 Å². The van der Waals surface area contributed by atoms with Gasteiger partial charge in [-0.1, -0.05) is 12.1 Å². The Kier molecular flexibility index (Phi) is 4.19. The minimum Gasteiger partial charge on any atom is -0.289 e. The van der Waals surface area contributed by atoms with E-state index in [9.17, 15) is 4.79 Å². The highest BCUT2D eigenvalue weighted by Crippen LogP contribution is 2.20. The molecule has 2 aromatic rings. The minimum absolute atomic E-state index is 0.0921. The van der Waals surface area contributed by atoms with Gasteiger partial charge in [0.15, 0.2) is 5.78 Å². The number of hydrogen-bond acceptors (Lipinski definition) is 1. The summed E-state index contributed by atoms with van der Waals surface area (Å²) in [6.45, 7) is 2.02. The fourth-order valence-electron chi connectivity index (χ4n) is 1.58. The van der Waals surface area contributed by atoms with Gasteiger partial charge in [-0.25, -0.2) is 0 Å². The van der Waals surface area contributed by atoms with E-state index in [2.05, 4.69) is 45.2 Å². The van der Waals surface area contributed by atoms with Crippen molar-refractivity contribution in [3.05, 3.63) is 66.3 Å². The molecule has 2 aromatic carbocycles. The van der Waals surface area contributed by atoms with Gasteiger partial charge in [-0.05, 0) is 88.0 Å². The van der Waals surface area contributed by atoms with Crippen LogP contribution in [0.25, 0.3) is 0 Å². The van der Waals surface area contributed by atoms with Crippen molar-refractivity contribution < 1.29 is 4.79 Å². The van der Waals surface area contributed by atoms with Crippen molar-refractivity contribution in [3.8, 4) is 0 Å². The smallest absolute Gasteiger partial charge is 0.194 e. The first-order valence-corrected chi connectivity index (χ1v) is 7.30. The fraction of sp³-hybridized carbons (Fsp3) is 0.0714. The molecule has 86 valence electrons. The minimum atomic E-state index is 0.0921. The van der Waals surface area contributed by atoms with Gasteiger partial charge in [0.25, 0.3) is 0 Å². The molecule has 0 saturated heterocycles. The Morgan fingerprint density at radius 2 is 1.65 bits per heavy atom. The molecule has 0 saturated carbocycles. The molecule has 0 aliphatic heterocycles. The Balaban J connectivity index is 2.44. The second-order valence-electron chi connectivity index (χ2n) is 3.77. The lowest BCUT2D eigenvalue weighted by Gasteiger charge is -2.06. The number of halogens is 2. The van der Waals surface area contributed by atoms with Crippen molar-refractivity contribution in [1.29, 1.82) is 0 Å². The summed E-state index contributed by atoms with van der Waals surface area (Å²) in [7, 11) is 0. The zero-order valence-corrected chi connectivity index (χ0v) is 13.5. The number of carbonyl (C=O) groups excluding carboxylic acids is 1. The number of rotatable bonds is 2. The Hall–Kier alpha value is -0.430. The summed E-state index contributed by atoms with van der Waals surface area (Å²) in [5.41, 5.74) is 2.67. The predicted molar refractivity (Wildman–Crippen MR) is 86.5 cm³/mol. The van der Waals surface area contributed by atoms with Crippen molar-refractivity contribution in [2.75, 3.05) is 0 Å². The van der Waals surface area contributed by atoms with E-state index in [0.717, 1.165) is 23.8 Å². The van der Waals surface area contributed by atoms with Crippen molar-refractivity contribution in [2.24, 2.45) is 0 Å². The normalized spacial score (nSPS) is 10.3. The van der Waals surface area contributed by atoms with Crippen LogP contribution in [0, 0.1) is 14.1 Å². The molecule has 0 spiro atoms. The Morgan fingerprint density at radius 1 is 1.00 bits per heavy atom. The maximum absolute atomic E-state index is 12.3. The van der Waals surface area contributed by atoms with E-state index in [4.69, 9.17) is 0 Å². The van der Waals surface area contributed by atoms with Crippen LogP contribution < -0.4 is 0 Å². The summed E-state index contributed by atoms with van der Waals surface area (Å²) in [4.78, 5) is 12.3. The largest absolute Gasteiger partial charge is 0.289 e. The van der Waals surface area contributed by atoms with E-state index in [1.54, 1.807) is 0 Å². The van der Waals surface area contributed by atoms with Crippen LogP contribution in [0.5, 0.6) is 0 Å². The van der Waals surface area contributed by atoms with E-state index in [1.165, 1.54) is 0 Å². The molecule has 0 N–H and O–H groups in total. The average Bonchev–Trinajstić information content (AvgIpc) is 2.33. The third-order valence-electron chi connectivity index (χ3n) is 2.54. The first-order valence-electron chi connectivity index (χ1n) is 5.15. The summed E-state index contributed by atoms with van der Waals surface area (Å²) in [5, 5.41) is 0. The van der Waals surface area contributed by atoms with Crippen LogP contribution in [-0.4, -0.2) is 5.78 Å². The zero-order chi connectivity index (χ0) is 12.4. The standard InChI is InChI=1S/C14H10I2O/c1-9-3-2-4-12(13(9)16)14(17)10-5-7-11(15)8-6-10/h2-8H,1H3. The van der Waals surface area contributed by atoms with Gasteiger partial charge >= 0.3 is 0 Å². The summed E-state index contributed by atoms with van der Waals surface area (Å²) in [6.07, 6.45) is 0. The maximum atomic E-state index is 12.3. The Labute approximate surface area is 128 Å². The molecular weight excluding hydrogens is 438 g/mol. The molecule has 0 aromatic heterocycles. The van der Waals surface area contributed by atoms with Crippen LogP contribution in [0.2, 0.25) is 0 Å². The molecular formula is C14H10I2O. The molecule has 0 radical (unpaired) electrons. The summed E-state index contributed by atoms with van der Waals surface area (Å²) >= 11 is 4.47. The molecule has 0 amide bonds. The molecule has 1 nitrogen and oxygen atoms in total.